The first-order chi connectivity index (χ1) is 18.4. The summed E-state index contributed by atoms with van der Waals surface area (Å²) in [6.07, 6.45) is 2.76. The van der Waals surface area contributed by atoms with Gasteiger partial charge in [-0.3, -0.25) is 0 Å². The Morgan fingerprint density at radius 1 is 0.615 bits per heavy atom. The Bertz CT molecular complexity index is 1280. The quantitative estimate of drug-likeness (QED) is 0.334. The van der Waals surface area contributed by atoms with Crippen molar-refractivity contribution in [3.8, 4) is 0 Å². The van der Waals surface area contributed by atoms with Crippen LogP contribution < -0.4 is 0 Å². The van der Waals surface area contributed by atoms with E-state index in [9.17, 15) is 0 Å². The van der Waals surface area contributed by atoms with Crippen LogP contribution in [-0.4, -0.2) is 18.6 Å². The van der Waals surface area contributed by atoms with Gasteiger partial charge in [0.2, 0.25) is 0 Å². The lowest BCUT2D eigenvalue weighted by atomic mass is 9.87. The van der Waals surface area contributed by atoms with Crippen LogP contribution in [0.2, 0.25) is 24.2 Å². The van der Waals surface area contributed by atoms with Gasteiger partial charge >= 0.3 is 0 Å². The molecule has 0 amide bonds. The van der Waals surface area contributed by atoms with Crippen LogP contribution >= 0.6 is 23.5 Å². The summed E-state index contributed by atoms with van der Waals surface area (Å²) in [5, 5.41) is 1.56. The van der Waals surface area contributed by atoms with E-state index in [0.29, 0.717) is 0 Å². The third kappa shape index (κ3) is 4.40. The van der Waals surface area contributed by atoms with E-state index >= 15 is 0 Å². The molecule has 8 unspecified atom stereocenters. The minimum Gasteiger partial charge on any atom is -0.127 e. The van der Waals surface area contributed by atoms with Gasteiger partial charge in [-0.05, 0) is 132 Å². The molecule has 2 aliphatic heterocycles. The molecule has 2 saturated carbocycles. The van der Waals surface area contributed by atoms with Gasteiger partial charge in [-0.25, -0.2) is 0 Å². The van der Waals surface area contributed by atoms with Gasteiger partial charge < -0.3 is 0 Å². The van der Waals surface area contributed by atoms with Crippen molar-refractivity contribution in [1.29, 1.82) is 0 Å². The van der Waals surface area contributed by atoms with Crippen molar-refractivity contribution < 1.29 is 0 Å². The summed E-state index contributed by atoms with van der Waals surface area (Å²) in [4.78, 5) is 3.23. The van der Waals surface area contributed by atoms with Crippen molar-refractivity contribution >= 4 is 42.7 Å². The van der Waals surface area contributed by atoms with Crippen molar-refractivity contribution in [2.75, 3.05) is 0 Å². The molecule has 4 aliphatic rings. The highest BCUT2D eigenvalue weighted by Crippen LogP contribution is 2.69. The summed E-state index contributed by atoms with van der Waals surface area (Å²) in [5.74, 6) is 3.12. The van der Waals surface area contributed by atoms with Crippen LogP contribution in [0.3, 0.4) is 0 Å². The van der Waals surface area contributed by atoms with Crippen LogP contribution in [0.25, 0.3) is 11.1 Å². The summed E-state index contributed by atoms with van der Waals surface area (Å²) in [5.41, 5.74) is 14.0. The second-order valence-electron chi connectivity index (χ2n) is 14.3. The zero-order valence-electron chi connectivity index (χ0n) is 25.8. The zero-order chi connectivity index (χ0) is 28.0. The average molecular weight is 573 g/mol. The number of hydrogen-bond donors (Lipinski definition) is 0. The van der Waals surface area contributed by atoms with Gasteiger partial charge in [0.15, 0.2) is 0 Å². The maximum absolute atomic E-state index is 2.82. The molecule has 0 radical (unpaired) electrons. The SMILES string of the molecule is CC1=C(c2cc(C)ccc2C)C2CC(C)C([Si](C)(C)C3C(C)CC4C(c5cc(C)ccc5C)=C(C)SC43)C2S1. The smallest absolute Gasteiger partial charge is 0.0564 e. The fraction of sp³-hybridized carbons (Fsp3) is 0.556. The van der Waals surface area contributed by atoms with Crippen LogP contribution in [-0.2, 0) is 0 Å². The van der Waals surface area contributed by atoms with E-state index in [1.807, 2.05) is 0 Å². The number of rotatable bonds is 4. The summed E-state index contributed by atoms with van der Waals surface area (Å²) in [7, 11) is -1.60. The molecule has 0 spiro atoms. The molecule has 2 aliphatic carbocycles. The van der Waals surface area contributed by atoms with E-state index in [0.717, 1.165) is 45.3 Å². The normalized spacial score (nSPS) is 34.3. The molecule has 0 saturated heterocycles. The molecule has 0 N–H and O–H groups in total. The van der Waals surface area contributed by atoms with E-state index in [1.165, 1.54) is 35.1 Å². The van der Waals surface area contributed by atoms with Crippen LogP contribution in [0.1, 0.15) is 73.9 Å². The van der Waals surface area contributed by atoms with Crippen molar-refractivity contribution in [2.45, 2.75) is 103 Å². The highest BCUT2D eigenvalue weighted by Gasteiger charge is 2.61. The predicted molar refractivity (Wildman–Crippen MR) is 179 cm³/mol. The highest BCUT2D eigenvalue weighted by atomic mass is 32.2. The molecule has 0 aromatic heterocycles. The van der Waals surface area contributed by atoms with Gasteiger partial charge in [0.1, 0.15) is 0 Å². The second kappa shape index (κ2) is 9.98. The summed E-state index contributed by atoms with van der Waals surface area (Å²) >= 11 is 4.55. The molecule has 3 heteroatoms. The fourth-order valence-electron chi connectivity index (χ4n) is 9.81. The minimum absolute atomic E-state index is 0.733. The standard InChI is InChI=1S/C36H48S2Si/c1-19-11-13-21(3)27(15-19)31-25(7)37-33-29(31)17-23(5)35(33)39(9,10)36-24(6)18-30-32(26(8)38-34(30)36)28-16-20(2)12-14-22(28)4/h11-16,23-24,29-30,33-36H,17-18H2,1-10H3. The zero-order valence-corrected chi connectivity index (χ0v) is 28.4. The van der Waals surface area contributed by atoms with Crippen LogP contribution in [0, 0.1) is 51.4 Å². The monoisotopic (exact) mass is 572 g/mol. The van der Waals surface area contributed by atoms with Gasteiger partial charge in [-0.1, -0.05) is 74.5 Å². The van der Waals surface area contributed by atoms with Crippen LogP contribution in [0.5, 0.6) is 0 Å². The third-order valence-corrected chi connectivity index (χ3v) is 19.9. The Morgan fingerprint density at radius 3 is 1.38 bits per heavy atom. The molecule has 2 aromatic rings. The van der Waals surface area contributed by atoms with Gasteiger partial charge in [0.25, 0.3) is 0 Å². The number of allylic oxidation sites excluding steroid dienone is 4. The lowest BCUT2D eigenvalue weighted by molar-refractivity contribution is 0.545. The molecule has 6 rings (SSSR count). The van der Waals surface area contributed by atoms with Crippen LogP contribution in [0.4, 0.5) is 0 Å². The number of benzene rings is 2. The first-order valence-corrected chi connectivity index (χ1v) is 20.2. The maximum Gasteiger partial charge on any atom is 0.0564 e. The van der Waals surface area contributed by atoms with E-state index in [-0.39, 0.29) is 0 Å². The lowest BCUT2D eigenvalue weighted by Gasteiger charge is -2.44. The molecule has 8 atom stereocenters. The predicted octanol–water partition coefficient (Wildman–Crippen LogP) is 11.1. The topological polar surface area (TPSA) is 0 Å². The van der Waals surface area contributed by atoms with Crippen molar-refractivity contribution in [2.24, 2.45) is 23.7 Å². The van der Waals surface area contributed by atoms with Crippen molar-refractivity contribution in [3.63, 3.8) is 0 Å². The van der Waals surface area contributed by atoms with E-state index in [4.69, 9.17) is 0 Å². The van der Waals surface area contributed by atoms with E-state index < -0.39 is 8.07 Å². The molecule has 2 fully saturated rings. The first kappa shape index (κ1) is 28.0. The Kier molecular flexibility index (Phi) is 7.16. The van der Waals surface area contributed by atoms with Crippen molar-refractivity contribution in [3.05, 3.63) is 79.6 Å². The molecule has 39 heavy (non-hydrogen) atoms. The summed E-state index contributed by atoms with van der Waals surface area (Å²) in [6.45, 7) is 24.9. The van der Waals surface area contributed by atoms with Crippen molar-refractivity contribution in [1.82, 2.24) is 0 Å². The Labute approximate surface area is 247 Å². The molecular weight excluding hydrogens is 525 g/mol. The largest absolute Gasteiger partial charge is 0.127 e. The summed E-state index contributed by atoms with van der Waals surface area (Å²) < 4.78 is 0. The molecule has 2 heterocycles. The van der Waals surface area contributed by atoms with Gasteiger partial charge in [-0.2, -0.15) is 0 Å². The molecule has 2 aromatic carbocycles. The van der Waals surface area contributed by atoms with Gasteiger partial charge in [0.05, 0.1) is 8.07 Å². The Balaban J connectivity index is 1.31. The second-order valence-corrected chi connectivity index (χ2v) is 22.0. The maximum atomic E-state index is 2.82. The summed E-state index contributed by atoms with van der Waals surface area (Å²) in [6, 6.07) is 14.2. The number of aryl methyl sites for hydroxylation is 4. The minimum atomic E-state index is -1.60. The van der Waals surface area contributed by atoms with Gasteiger partial charge in [0, 0.05) is 10.5 Å². The van der Waals surface area contributed by atoms with Crippen LogP contribution in [0.15, 0.2) is 46.2 Å². The van der Waals surface area contributed by atoms with E-state index in [2.05, 4.69) is 128 Å². The highest BCUT2D eigenvalue weighted by molar-refractivity contribution is 8.04. The molecule has 0 nitrogen and oxygen atoms in total. The number of hydrogen-bond acceptors (Lipinski definition) is 2. The Morgan fingerprint density at radius 2 is 1.00 bits per heavy atom. The van der Waals surface area contributed by atoms with Gasteiger partial charge in [-0.15, -0.1) is 23.5 Å². The lowest BCUT2D eigenvalue weighted by Crippen LogP contribution is -2.47. The fourth-order valence-corrected chi connectivity index (χ4v) is 21.4. The molecular formula is C36H48S2Si. The number of thioether (sulfide) groups is 2. The first-order valence-electron chi connectivity index (χ1n) is 15.3. The molecule has 0 bridgehead atoms. The third-order valence-electron chi connectivity index (χ3n) is 11.2. The Hall–Kier alpha value is -1.16. The number of fused-ring (bicyclic) bond motifs is 2. The average Bonchev–Trinajstić information content (AvgIpc) is 3.53. The van der Waals surface area contributed by atoms with E-state index in [1.54, 1.807) is 32.1 Å². The molecule has 208 valence electrons.